The Labute approximate surface area is 218 Å². The van der Waals surface area contributed by atoms with E-state index in [1.807, 2.05) is 54.6 Å². The van der Waals surface area contributed by atoms with Gasteiger partial charge in [-0.05, 0) is 18.9 Å². The van der Waals surface area contributed by atoms with E-state index in [9.17, 15) is 19.5 Å². The van der Waals surface area contributed by atoms with Gasteiger partial charge in [0.2, 0.25) is 17.7 Å². The van der Waals surface area contributed by atoms with Crippen molar-refractivity contribution in [1.29, 1.82) is 0 Å². The van der Waals surface area contributed by atoms with E-state index in [0.717, 1.165) is 24.8 Å². The smallest absolute Gasteiger partial charge is 0.249 e. The number of carbonyl (C=O) groups is 3. The first-order valence-corrected chi connectivity index (χ1v) is 13.5. The highest BCUT2D eigenvalue weighted by atomic mass is 16.5. The highest BCUT2D eigenvalue weighted by molar-refractivity contribution is 6.00. The Morgan fingerprint density at radius 1 is 1.03 bits per heavy atom. The normalized spacial score (nSPS) is 31.8. The number of aliphatic hydroxyl groups is 1. The van der Waals surface area contributed by atoms with Crippen molar-refractivity contribution in [3.05, 3.63) is 60.2 Å². The molecule has 4 aliphatic heterocycles. The molecule has 1 spiro atoms. The third-order valence-corrected chi connectivity index (χ3v) is 8.25. The van der Waals surface area contributed by atoms with Crippen LogP contribution in [0.4, 0.5) is 0 Å². The number of hydrogen-bond acceptors (Lipinski definition) is 5. The highest BCUT2D eigenvalue weighted by Gasteiger charge is 2.72. The highest BCUT2D eigenvalue weighted by Crippen LogP contribution is 2.54. The fraction of sp³-hybridized carbons (Fsp3) is 0.552. The molecule has 1 N–H and O–H groups in total. The molecule has 8 heteroatoms. The maximum Gasteiger partial charge on any atom is 0.249 e. The van der Waals surface area contributed by atoms with Crippen LogP contribution in [0.2, 0.25) is 0 Å². The molecule has 2 fully saturated rings. The number of hydrogen-bond donors (Lipinski definition) is 1. The maximum absolute atomic E-state index is 14.1. The van der Waals surface area contributed by atoms with Crippen LogP contribution in [0.25, 0.3) is 0 Å². The SMILES string of the molecule is CCCCCN1CC=C[C@]23O[C@H]4C=CCN(Cc5ccccc5)C(=O)[C@H]4[C@H]2C(=O)N([C@H](C)CO)C3C1=O. The van der Waals surface area contributed by atoms with Crippen molar-refractivity contribution in [3.63, 3.8) is 0 Å². The van der Waals surface area contributed by atoms with Crippen molar-refractivity contribution in [2.24, 2.45) is 11.8 Å². The molecule has 8 nitrogen and oxygen atoms in total. The number of amides is 3. The first-order chi connectivity index (χ1) is 17.9. The monoisotopic (exact) mass is 507 g/mol. The summed E-state index contributed by atoms with van der Waals surface area (Å²) in [6, 6.07) is 8.29. The zero-order valence-electron chi connectivity index (χ0n) is 21.7. The quantitative estimate of drug-likeness (QED) is 0.430. The summed E-state index contributed by atoms with van der Waals surface area (Å²) in [5, 5.41) is 10.0. The number of nitrogens with zero attached hydrogens (tertiary/aromatic N) is 3. The number of unbranched alkanes of at least 4 members (excludes halogenated alkanes) is 2. The molecule has 37 heavy (non-hydrogen) atoms. The van der Waals surface area contributed by atoms with E-state index in [1.165, 1.54) is 4.90 Å². The van der Waals surface area contributed by atoms with Gasteiger partial charge < -0.3 is 24.5 Å². The molecule has 0 aromatic heterocycles. The van der Waals surface area contributed by atoms with E-state index in [4.69, 9.17) is 4.74 Å². The van der Waals surface area contributed by atoms with Crippen molar-refractivity contribution in [2.75, 3.05) is 26.2 Å². The second kappa shape index (κ2) is 10.4. The van der Waals surface area contributed by atoms with Gasteiger partial charge in [-0.25, -0.2) is 0 Å². The fourth-order valence-electron chi connectivity index (χ4n) is 6.44. The molecule has 0 radical (unpaired) electrons. The summed E-state index contributed by atoms with van der Waals surface area (Å²) in [5.41, 5.74) is -0.239. The van der Waals surface area contributed by atoms with Gasteiger partial charge in [0.15, 0.2) is 0 Å². The first-order valence-electron chi connectivity index (χ1n) is 13.5. The molecule has 1 unspecified atom stereocenters. The summed E-state index contributed by atoms with van der Waals surface area (Å²) in [6.45, 7) is 5.47. The van der Waals surface area contributed by atoms with Gasteiger partial charge in [-0.3, -0.25) is 14.4 Å². The van der Waals surface area contributed by atoms with Crippen LogP contribution in [0, 0.1) is 11.8 Å². The number of benzene rings is 1. The van der Waals surface area contributed by atoms with Crippen LogP contribution < -0.4 is 0 Å². The summed E-state index contributed by atoms with van der Waals surface area (Å²) in [5.74, 6) is -2.18. The Bertz CT molecular complexity index is 1090. The predicted molar refractivity (Wildman–Crippen MR) is 138 cm³/mol. The van der Waals surface area contributed by atoms with Crippen molar-refractivity contribution < 1.29 is 24.2 Å². The molecule has 4 heterocycles. The third-order valence-electron chi connectivity index (χ3n) is 8.25. The lowest BCUT2D eigenvalue weighted by molar-refractivity contribution is -0.151. The van der Waals surface area contributed by atoms with Gasteiger partial charge >= 0.3 is 0 Å². The largest absolute Gasteiger partial charge is 0.394 e. The van der Waals surface area contributed by atoms with Gasteiger partial charge in [-0.2, -0.15) is 0 Å². The Kier molecular flexibility index (Phi) is 7.23. The average Bonchev–Trinajstić information content (AvgIpc) is 3.24. The first kappa shape index (κ1) is 25.7. The Morgan fingerprint density at radius 2 is 1.78 bits per heavy atom. The van der Waals surface area contributed by atoms with E-state index in [2.05, 4.69) is 6.92 Å². The number of aliphatic hydroxyl groups excluding tert-OH is 1. The van der Waals surface area contributed by atoms with E-state index in [1.54, 1.807) is 16.7 Å². The topological polar surface area (TPSA) is 90.4 Å². The average molecular weight is 508 g/mol. The molecule has 3 amide bonds. The fourth-order valence-corrected chi connectivity index (χ4v) is 6.44. The number of likely N-dealkylation sites (tertiary alicyclic amines) is 1. The van der Waals surface area contributed by atoms with E-state index >= 15 is 0 Å². The van der Waals surface area contributed by atoms with Crippen molar-refractivity contribution >= 4 is 17.7 Å². The second-order valence-corrected chi connectivity index (χ2v) is 10.6. The molecule has 0 saturated carbocycles. The van der Waals surface area contributed by atoms with Crippen LogP contribution in [0.3, 0.4) is 0 Å². The zero-order chi connectivity index (χ0) is 26.2. The van der Waals surface area contributed by atoms with Gasteiger partial charge in [0.1, 0.15) is 11.6 Å². The van der Waals surface area contributed by atoms with Crippen LogP contribution in [-0.2, 0) is 25.7 Å². The summed E-state index contributed by atoms with van der Waals surface area (Å²) in [7, 11) is 0. The predicted octanol–water partition coefficient (Wildman–Crippen LogP) is 2.14. The Balaban J connectivity index is 1.52. The molecule has 198 valence electrons. The molecule has 5 rings (SSSR count). The van der Waals surface area contributed by atoms with Crippen LogP contribution in [0.1, 0.15) is 38.7 Å². The number of carbonyl (C=O) groups excluding carboxylic acids is 3. The lowest BCUT2D eigenvalue weighted by Gasteiger charge is -2.37. The molecule has 0 aliphatic carbocycles. The summed E-state index contributed by atoms with van der Waals surface area (Å²) in [6.07, 6.45) is 9.92. The lowest BCUT2D eigenvalue weighted by Crippen LogP contribution is -2.57. The lowest BCUT2D eigenvalue weighted by atomic mass is 9.77. The molecule has 2 saturated heterocycles. The number of ether oxygens (including phenoxy) is 1. The van der Waals surface area contributed by atoms with Crippen LogP contribution in [-0.4, -0.2) is 87.6 Å². The minimum Gasteiger partial charge on any atom is -0.394 e. The Hall–Kier alpha value is -2.97. The van der Waals surface area contributed by atoms with Gasteiger partial charge in [-0.15, -0.1) is 0 Å². The van der Waals surface area contributed by atoms with E-state index < -0.39 is 35.6 Å². The van der Waals surface area contributed by atoms with Gasteiger partial charge in [0.05, 0.1) is 30.6 Å². The summed E-state index contributed by atoms with van der Waals surface area (Å²) >= 11 is 0. The number of rotatable bonds is 8. The molecule has 4 aliphatic rings. The maximum atomic E-state index is 14.1. The van der Waals surface area contributed by atoms with E-state index in [-0.39, 0.29) is 24.3 Å². The third kappa shape index (κ3) is 4.30. The second-order valence-electron chi connectivity index (χ2n) is 10.6. The standard InChI is InChI=1S/C29H37N3O5/c1-3-4-8-15-30-17-10-14-29-24(27(35)32(20(2)19-33)25(29)28(30)36)23-22(37-29)13-9-16-31(26(23)34)18-21-11-6-5-7-12-21/h5-7,9-14,20,22-25,33H,3-4,8,15-19H2,1-2H3/t20-,22+,23-,24+,25?,29+/m1/s1. The summed E-state index contributed by atoms with van der Waals surface area (Å²) in [4.78, 5) is 47.2. The van der Waals surface area contributed by atoms with Crippen LogP contribution >= 0.6 is 0 Å². The van der Waals surface area contributed by atoms with Gasteiger partial charge in [-0.1, -0.05) is 74.4 Å². The molecular formula is C29H37N3O5. The molecule has 6 atom stereocenters. The van der Waals surface area contributed by atoms with E-state index in [0.29, 0.717) is 26.2 Å². The minimum atomic E-state index is -1.25. The van der Waals surface area contributed by atoms with Crippen LogP contribution in [0.15, 0.2) is 54.6 Å². The van der Waals surface area contributed by atoms with Crippen molar-refractivity contribution in [1.82, 2.24) is 14.7 Å². The van der Waals surface area contributed by atoms with Crippen molar-refractivity contribution in [3.8, 4) is 0 Å². The summed E-state index contributed by atoms with van der Waals surface area (Å²) < 4.78 is 6.64. The van der Waals surface area contributed by atoms with Crippen molar-refractivity contribution in [2.45, 2.75) is 63.4 Å². The van der Waals surface area contributed by atoms with Gasteiger partial charge in [0, 0.05) is 26.2 Å². The molecule has 0 bridgehead atoms. The molecule has 1 aromatic carbocycles. The zero-order valence-corrected chi connectivity index (χ0v) is 21.7. The number of fused-ring (bicyclic) bond motifs is 2. The minimum absolute atomic E-state index is 0.142. The van der Waals surface area contributed by atoms with Gasteiger partial charge in [0.25, 0.3) is 0 Å². The Morgan fingerprint density at radius 3 is 2.51 bits per heavy atom. The van der Waals surface area contributed by atoms with Crippen LogP contribution in [0.5, 0.6) is 0 Å². The molecular weight excluding hydrogens is 470 g/mol. The molecule has 1 aromatic rings.